The fourth-order valence-corrected chi connectivity index (χ4v) is 14.1. The van der Waals surface area contributed by atoms with Crippen molar-refractivity contribution >= 4 is 87.2 Å². The van der Waals surface area contributed by atoms with E-state index in [0.29, 0.717) is 110 Å². The number of alkyl halides is 12. The van der Waals surface area contributed by atoms with E-state index in [1.165, 1.54) is 48.5 Å². The molecule has 0 N–H and O–H groups in total. The lowest BCUT2D eigenvalue weighted by atomic mass is 9.84. The zero-order chi connectivity index (χ0) is 63.3. The third-order valence-corrected chi connectivity index (χ3v) is 17.6. The maximum absolute atomic E-state index is 16.7. The van der Waals surface area contributed by atoms with Crippen molar-refractivity contribution in [3.05, 3.63) is 277 Å². The Labute approximate surface area is 513 Å². The molecule has 4 heterocycles. The largest absolute Gasteiger partial charge is 0.417 e. The van der Waals surface area contributed by atoms with Crippen molar-refractivity contribution in [3.63, 3.8) is 0 Å². The number of halogens is 12. The van der Waals surface area contributed by atoms with Crippen LogP contribution >= 0.6 is 0 Å². The van der Waals surface area contributed by atoms with Gasteiger partial charge in [-0.2, -0.15) is 52.7 Å². The summed E-state index contributed by atoms with van der Waals surface area (Å²) in [5.74, 6) is 0. The Bertz CT molecular complexity index is 5600. The first kappa shape index (κ1) is 56.2. The lowest BCUT2D eigenvalue weighted by molar-refractivity contribution is -0.162. The molecule has 0 aliphatic heterocycles. The lowest BCUT2D eigenvalue weighted by Gasteiger charge is -2.31. The van der Waals surface area contributed by atoms with Crippen LogP contribution in [-0.4, -0.2) is 18.3 Å². The van der Waals surface area contributed by atoms with Gasteiger partial charge in [0, 0.05) is 54.2 Å². The molecule has 12 aromatic carbocycles. The second-order valence-corrected chi connectivity index (χ2v) is 22.7. The molecule has 4 nitrogen and oxygen atoms in total. The number of benzene rings is 12. The highest BCUT2D eigenvalue weighted by Crippen LogP contribution is 2.57. The highest BCUT2D eigenvalue weighted by Gasteiger charge is 2.51. The Kier molecular flexibility index (Phi) is 12.4. The summed E-state index contributed by atoms with van der Waals surface area (Å²) in [6.45, 7) is 0. The van der Waals surface area contributed by atoms with Gasteiger partial charge in [0.15, 0.2) is 0 Å². The van der Waals surface area contributed by atoms with Crippen LogP contribution in [0.5, 0.6) is 0 Å². The van der Waals surface area contributed by atoms with Crippen molar-refractivity contribution in [2.45, 2.75) is 24.7 Å². The number of para-hydroxylation sites is 6. The van der Waals surface area contributed by atoms with E-state index in [2.05, 4.69) is 0 Å². The van der Waals surface area contributed by atoms with Gasteiger partial charge >= 0.3 is 24.7 Å². The molecule has 92 heavy (non-hydrogen) atoms. The number of rotatable bonds is 7. The van der Waals surface area contributed by atoms with Crippen LogP contribution in [0.15, 0.2) is 255 Å². The summed E-state index contributed by atoms with van der Waals surface area (Å²) in [6, 6.07) is 68.3. The number of nitrogens with zero attached hydrogens (tertiary/aromatic N) is 4. The van der Waals surface area contributed by atoms with Crippen LogP contribution < -0.4 is 0 Å². The van der Waals surface area contributed by atoms with Crippen LogP contribution in [0.3, 0.4) is 0 Å². The SMILES string of the molecule is FC(F)(F)c1cc(-n2c3ccccc3c3ccccc32)c(-n2c3ccccc3c3cc(-c4ccc5c(c4)c4ccccc4n5-c4c(-c5ccccc5)c(C(F)(F)F)c(C(F)(F)F)c(-c5ccccc5)c4-n4c5ccccc5c5ccccc54)ccc32)cc1C(F)(F)F. The highest BCUT2D eigenvalue weighted by atomic mass is 19.4. The highest BCUT2D eigenvalue weighted by molar-refractivity contribution is 6.16. The van der Waals surface area contributed by atoms with Crippen molar-refractivity contribution in [1.82, 2.24) is 18.3 Å². The summed E-state index contributed by atoms with van der Waals surface area (Å²) in [4.78, 5) is 0. The second-order valence-electron chi connectivity index (χ2n) is 22.7. The van der Waals surface area contributed by atoms with Gasteiger partial charge in [-0.1, -0.05) is 182 Å². The number of hydrogen-bond acceptors (Lipinski definition) is 0. The fraction of sp³-hybridized carbons (Fsp3) is 0.0526. The number of hydrogen-bond donors (Lipinski definition) is 0. The van der Waals surface area contributed by atoms with Crippen LogP contribution in [0.25, 0.3) is 143 Å². The topological polar surface area (TPSA) is 19.7 Å². The molecule has 0 atom stereocenters. The van der Waals surface area contributed by atoms with Gasteiger partial charge < -0.3 is 18.3 Å². The van der Waals surface area contributed by atoms with E-state index in [0.717, 1.165) is 0 Å². The minimum absolute atomic E-state index is 0.120. The average Bonchev–Trinajstić information content (AvgIpc) is 1.30. The van der Waals surface area contributed by atoms with Gasteiger partial charge in [-0.05, 0) is 95.1 Å². The Morgan fingerprint density at radius 2 is 0.457 bits per heavy atom. The molecule has 0 radical (unpaired) electrons. The van der Waals surface area contributed by atoms with Gasteiger partial charge in [0.25, 0.3) is 0 Å². The van der Waals surface area contributed by atoms with E-state index >= 15 is 52.7 Å². The zero-order valence-electron chi connectivity index (χ0n) is 47.6. The molecule has 0 unspecified atom stereocenters. The van der Waals surface area contributed by atoms with Crippen molar-refractivity contribution < 1.29 is 52.7 Å². The van der Waals surface area contributed by atoms with Gasteiger partial charge in [0.2, 0.25) is 0 Å². The van der Waals surface area contributed by atoms with E-state index in [9.17, 15) is 0 Å². The quantitative estimate of drug-likeness (QED) is 0.142. The summed E-state index contributed by atoms with van der Waals surface area (Å²) < 4.78 is 198. The molecule has 0 saturated heterocycles. The normalized spacial score (nSPS) is 12.8. The molecule has 0 spiro atoms. The molecule has 16 aromatic rings. The van der Waals surface area contributed by atoms with Crippen LogP contribution in [0.1, 0.15) is 22.3 Å². The van der Waals surface area contributed by atoms with Crippen LogP contribution in [0.4, 0.5) is 52.7 Å². The van der Waals surface area contributed by atoms with Gasteiger partial charge in [-0.25, -0.2) is 0 Å². The van der Waals surface area contributed by atoms with Crippen molar-refractivity contribution in [2.75, 3.05) is 0 Å². The standard InChI is InChI=1S/C76H42F12N4/c77-73(78,79)55-41-65(89-57-29-13-7-23-47(57)48-24-8-14-30-58(48)89)66(42-56(55)74(80,81)82)90-59-31-15-11-27-51(59)53-39-45(35-37-63(53)90)46-36-38-64-54(40-46)52-28-12-18-34-62(52)92(64)72-68(44-21-5-2-6-22-44)70(76(86,87)88)69(75(83,84)85)67(43-19-3-1-4-20-43)71(72)91-60-32-16-9-25-49(60)50-26-10-17-33-61(50)91/h1-42H. The second kappa shape index (κ2) is 20.3. The first-order valence-corrected chi connectivity index (χ1v) is 29.1. The van der Waals surface area contributed by atoms with E-state index in [-0.39, 0.29) is 33.9 Å². The molecule has 0 saturated carbocycles. The summed E-state index contributed by atoms with van der Waals surface area (Å²) >= 11 is 0. The van der Waals surface area contributed by atoms with Gasteiger partial charge in [-0.15, -0.1) is 0 Å². The van der Waals surface area contributed by atoms with Crippen LogP contribution in [-0.2, 0) is 24.7 Å². The Morgan fingerprint density at radius 3 is 0.750 bits per heavy atom. The van der Waals surface area contributed by atoms with Crippen molar-refractivity contribution in [1.29, 1.82) is 0 Å². The van der Waals surface area contributed by atoms with Crippen molar-refractivity contribution in [2.24, 2.45) is 0 Å². The molecule has 4 aromatic heterocycles. The van der Waals surface area contributed by atoms with E-state index in [1.807, 2.05) is 24.3 Å². The monoisotopic (exact) mass is 1240 g/mol. The summed E-state index contributed by atoms with van der Waals surface area (Å²) in [5.41, 5.74) is -5.52. The smallest absolute Gasteiger partial charge is 0.307 e. The Balaban J connectivity index is 0.994. The van der Waals surface area contributed by atoms with E-state index < -0.39 is 58.1 Å². The minimum atomic E-state index is -5.61. The van der Waals surface area contributed by atoms with Gasteiger partial charge in [0.05, 0.1) is 89.1 Å². The minimum Gasteiger partial charge on any atom is -0.307 e. The summed E-state index contributed by atoms with van der Waals surface area (Å²) in [7, 11) is 0. The zero-order valence-corrected chi connectivity index (χ0v) is 47.6. The third kappa shape index (κ3) is 8.56. The summed E-state index contributed by atoms with van der Waals surface area (Å²) in [5, 5.41) is 4.71. The molecule has 0 amide bonds. The van der Waals surface area contributed by atoms with Crippen LogP contribution in [0.2, 0.25) is 0 Å². The number of fused-ring (bicyclic) bond motifs is 12. The lowest BCUT2D eigenvalue weighted by Crippen LogP contribution is -2.23. The number of aromatic nitrogens is 4. The maximum atomic E-state index is 16.7. The molecule has 0 bridgehead atoms. The third-order valence-electron chi connectivity index (χ3n) is 17.6. The summed E-state index contributed by atoms with van der Waals surface area (Å²) in [6.07, 6.45) is -22.1. The average molecular weight is 1240 g/mol. The molecular formula is C76H42F12N4. The Hall–Kier alpha value is -11.0. The predicted octanol–water partition coefficient (Wildman–Crippen LogP) is 23.2. The first-order chi connectivity index (χ1) is 44.3. The first-order valence-electron chi connectivity index (χ1n) is 29.1. The molecule has 16 rings (SSSR count). The molecule has 0 fully saturated rings. The van der Waals surface area contributed by atoms with E-state index in [1.54, 1.807) is 188 Å². The Morgan fingerprint density at radius 1 is 0.207 bits per heavy atom. The van der Waals surface area contributed by atoms with Gasteiger partial charge in [-0.3, -0.25) is 0 Å². The fourth-order valence-electron chi connectivity index (χ4n) is 14.1. The molecule has 450 valence electrons. The molecule has 0 aliphatic carbocycles. The van der Waals surface area contributed by atoms with Gasteiger partial charge in [0.1, 0.15) is 0 Å². The van der Waals surface area contributed by atoms with Crippen LogP contribution in [0, 0.1) is 0 Å². The maximum Gasteiger partial charge on any atom is 0.417 e. The molecule has 16 heteroatoms. The van der Waals surface area contributed by atoms with E-state index in [4.69, 9.17) is 0 Å². The predicted molar refractivity (Wildman–Crippen MR) is 340 cm³/mol. The van der Waals surface area contributed by atoms with Crippen molar-refractivity contribution in [3.8, 4) is 56.1 Å². The molecular weight excluding hydrogens is 1200 g/mol. The molecule has 0 aliphatic rings.